The minimum absolute atomic E-state index is 0.125. The number of aromatic nitrogens is 2. The van der Waals surface area contributed by atoms with Crippen LogP contribution in [0.25, 0.3) is 0 Å². The minimum Gasteiger partial charge on any atom is -0.449 e. The Morgan fingerprint density at radius 3 is 2.54 bits per heavy atom. The van der Waals surface area contributed by atoms with Crippen LogP contribution in [-0.2, 0) is 16.6 Å². The van der Waals surface area contributed by atoms with Gasteiger partial charge in [-0.15, -0.1) is 0 Å². The average molecular weight is 391 g/mol. The summed E-state index contributed by atoms with van der Waals surface area (Å²) in [5.41, 5.74) is 0.866. The summed E-state index contributed by atoms with van der Waals surface area (Å²) >= 11 is 17.9. The van der Waals surface area contributed by atoms with Crippen molar-refractivity contribution in [2.45, 2.75) is 20.0 Å². The predicted octanol–water partition coefficient (Wildman–Crippen LogP) is 3.87. The highest BCUT2D eigenvalue weighted by atomic mass is 35.5. The first kappa shape index (κ1) is 18.6. The van der Waals surface area contributed by atoms with Crippen molar-refractivity contribution < 1.29 is 14.3 Å². The first-order valence-corrected chi connectivity index (χ1v) is 8.00. The molecule has 0 saturated heterocycles. The van der Waals surface area contributed by atoms with Crippen LogP contribution in [0, 0.1) is 6.92 Å². The minimum atomic E-state index is -1.07. The van der Waals surface area contributed by atoms with Gasteiger partial charge in [0.15, 0.2) is 6.10 Å². The Hall–Kier alpha value is -1.76. The second-order valence-corrected chi connectivity index (χ2v) is 6.16. The van der Waals surface area contributed by atoms with E-state index in [0.717, 1.165) is 0 Å². The molecule has 24 heavy (non-hydrogen) atoms. The molecule has 1 unspecified atom stereocenters. The molecule has 1 amide bonds. The van der Waals surface area contributed by atoms with E-state index >= 15 is 0 Å². The van der Waals surface area contributed by atoms with Gasteiger partial charge in [0.1, 0.15) is 10.7 Å². The molecule has 9 heteroatoms. The molecular formula is C15H14Cl3N3O3. The summed E-state index contributed by atoms with van der Waals surface area (Å²) in [6.45, 7) is 3.06. The maximum atomic E-state index is 12.2. The van der Waals surface area contributed by atoms with Gasteiger partial charge in [-0.1, -0.05) is 40.9 Å². The molecule has 0 radical (unpaired) electrons. The van der Waals surface area contributed by atoms with Crippen molar-refractivity contribution in [1.82, 2.24) is 9.78 Å². The number of ether oxygens (including phenoxy) is 1. The molecule has 0 aliphatic rings. The molecule has 0 fully saturated rings. The molecule has 1 aromatic carbocycles. The molecule has 1 N–H and O–H groups in total. The van der Waals surface area contributed by atoms with Crippen LogP contribution in [-0.4, -0.2) is 27.8 Å². The van der Waals surface area contributed by atoms with E-state index in [9.17, 15) is 9.59 Å². The van der Waals surface area contributed by atoms with Gasteiger partial charge in [0, 0.05) is 7.05 Å². The molecule has 0 aliphatic carbocycles. The zero-order chi connectivity index (χ0) is 18.0. The predicted molar refractivity (Wildman–Crippen MR) is 92.9 cm³/mol. The number of hydrogen-bond acceptors (Lipinski definition) is 4. The third-order valence-electron chi connectivity index (χ3n) is 3.22. The Labute approximate surface area is 153 Å². The maximum absolute atomic E-state index is 12.2. The lowest BCUT2D eigenvalue weighted by atomic mass is 10.2. The first-order valence-electron chi connectivity index (χ1n) is 6.87. The Bertz CT molecular complexity index is 805. The van der Waals surface area contributed by atoms with Gasteiger partial charge < -0.3 is 10.1 Å². The van der Waals surface area contributed by atoms with Crippen molar-refractivity contribution in [2.75, 3.05) is 5.32 Å². The van der Waals surface area contributed by atoms with Crippen molar-refractivity contribution in [2.24, 2.45) is 7.05 Å². The number of nitrogens with one attached hydrogen (secondary N) is 1. The maximum Gasteiger partial charge on any atom is 0.343 e. The lowest BCUT2D eigenvalue weighted by Crippen LogP contribution is -2.30. The molecule has 0 bridgehead atoms. The monoisotopic (exact) mass is 389 g/mol. The number of carbonyl (C=O) groups excluding carboxylic acids is 2. The van der Waals surface area contributed by atoms with E-state index in [-0.39, 0.29) is 15.7 Å². The quantitative estimate of drug-likeness (QED) is 0.804. The number of benzene rings is 1. The van der Waals surface area contributed by atoms with E-state index in [1.165, 1.54) is 11.6 Å². The Balaban J connectivity index is 2.09. The highest BCUT2D eigenvalue weighted by Crippen LogP contribution is 2.29. The van der Waals surface area contributed by atoms with Crippen LogP contribution in [0.1, 0.15) is 23.0 Å². The molecule has 1 atom stereocenters. The van der Waals surface area contributed by atoms with E-state index in [2.05, 4.69) is 10.4 Å². The fourth-order valence-corrected chi connectivity index (χ4v) is 2.57. The summed E-state index contributed by atoms with van der Waals surface area (Å²) in [5, 5.41) is 7.23. The van der Waals surface area contributed by atoms with Crippen LogP contribution in [0.15, 0.2) is 18.2 Å². The molecule has 128 valence electrons. The summed E-state index contributed by atoms with van der Waals surface area (Å²) in [6.07, 6.45) is -1.07. The van der Waals surface area contributed by atoms with Crippen LogP contribution in [0.2, 0.25) is 15.2 Å². The Morgan fingerprint density at radius 1 is 1.29 bits per heavy atom. The van der Waals surface area contributed by atoms with E-state index in [4.69, 9.17) is 39.5 Å². The molecule has 1 aromatic heterocycles. The number of anilines is 1. The number of halogens is 3. The number of esters is 1. The third-order valence-corrected chi connectivity index (χ3v) is 4.47. The van der Waals surface area contributed by atoms with Crippen LogP contribution in [0.3, 0.4) is 0 Å². The van der Waals surface area contributed by atoms with Crippen LogP contribution in [0.4, 0.5) is 5.69 Å². The number of aryl methyl sites for hydroxylation is 2. The van der Waals surface area contributed by atoms with Gasteiger partial charge in [-0.2, -0.15) is 5.10 Å². The zero-order valence-corrected chi connectivity index (χ0v) is 15.3. The second kappa shape index (κ2) is 7.42. The fraction of sp³-hybridized carbons (Fsp3) is 0.267. The molecule has 1 heterocycles. The number of nitrogens with zero attached hydrogens (tertiary/aromatic N) is 2. The SMILES string of the molecule is Cc1nn(C)c(Cl)c1C(=O)OC(C)C(=O)Nc1cccc(Cl)c1Cl. The van der Waals surface area contributed by atoms with Gasteiger partial charge in [0.25, 0.3) is 5.91 Å². The molecular weight excluding hydrogens is 377 g/mol. The number of rotatable bonds is 4. The van der Waals surface area contributed by atoms with Crippen molar-refractivity contribution in [3.8, 4) is 0 Å². The highest BCUT2D eigenvalue weighted by molar-refractivity contribution is 6.44. The molecule has 6 nitrogen and oxygen atoms in total. The largest absolute Gasteiger partial charge is 0.449 e. The number of amides is 1. The van der Waals surface area contributed by atoms with Crippen LogP contribution < -0.4 is 5.32 Å². The lowest BCUT2D eigenvalue weighted by Gasteiger charge is -2.14. The van der Waals surface area contributed by atoms with Crippen molar-refractivity contribution in [1.29, 1.82) is 0 Å². The molecule has 0 saturated carbocycles. The van der Waals surface area contributed by atoms with E-state index in [1.54, 1.807) is 32.2 Å². The van der Waals surface area contributed by atoms with Gasteiger partial charge >= 0.3 is 5.97 Å². The first-order chi connectivity index (χ1) is 11.2. The van der Waals surface area contributed by atoms with E-state index in [1.807, 2.05) is 0 Å². The zero-order valence-electron chi connectivity index (χ0n) is 13.1. The summed E-state index contributed by atoms with van der Waals surface area (Å²) in [5.74, 6) is -1.28. The van der Waals surface area contributed by atoms with Crippen LogP contribution in [0.5, 0.6) is 0 Å². The van der Waals surface area contributed by atoms with Crippen LogP contribution >= 0.6 is 34.8 Å². The van der Waals surface area contributed by atoms with Crippen molar-refractivity contribution in [3.05, 3.63) is 44.7 Å². The molecule has 0 spiro atoms. The lowest BCUT2D eigenvalue weighted by molar-refractivity contribution is -0.123. The topological polar surface area (TPSA) is 73.2 Å². The normalized spacial score (nSPS) is 11.9. The average Bonchev–Trinajstić information content (AvgIpc) is 2.76. The van der Waals surface area contributed by atoms with Crippen molar-refractivity contribution >= 4 is 52.4 Å². The smallest absolute Gasteiger partial charge is 0.343 e. The van der Waals surface area contributed by atoms with Gasteiger partial charge in [-0.25, -0.2) is 4.79 Å². The summed E-state index contributed by atoms with van der Waals surface area (Å²) in [4.78, 5) is 24.4. The van der Waals surface area contributed by atoms with E-state index in [0.29, 0.717) is 16.4 Å². The fourth-order valence-electron chi connectivity index (χ4n) is 1.97. The molecule has 2 rings (SSSR count). The number of hydrogen-bond donors (Lipinski definition) is 1. The van der Waals surface area contributed by atoms with Gasteiger partial charge in [-0.05, 0) is 26.0 Å². The Morgan fingerprint density at radius 2 is 1.96 bits per heavy atom. The standard InChI is InChI=1S/C15H14Cl3N3O3/c1-7-11(13(18)21(3)20-7)15(23)24-8(2)14(22)19-10-6-4-5-9(16)12(10)17/h4-6,8H,1-3H3,(H,19,22). The second-order valence-electron chi connectivity index (χ2n) is 5.01. The Kier molecular flexibility index (Phi) is 5.74. The van der Waals surface area contributed by atoms with Gasteiger partial charge in [-0.3, -0.25) is 9.48 Å². The van der Waals surface area contributed by atoms with Gasteiger partial charge in [0.05, 0.1) is 21.4 Å². The summed E-state index contributed by atoms with van der Waals surface area (Å²) in [6, 6.07) is 4.82. The summed E-state index contributed by atoms with van der Waals surface area (Å²) in [7, 11) is 1.60. The third kappa shape index (κ3) is 3.83. The molecule has 0 aliphatic heterocycles. The molecule has 2 aromatic rings. The van der Waals surface area contributed by atoms with E-state index < -0.39 is 18.0 Å². The van der Waals surface area contributed by atoms with Gasteiger partial charge in [0.2, 0.25) is 0 Å². The summed E-state index contributed by atoms with van der Waals surface area (Å²) < 4.78 is 6.50. The highest BCUT2D eigenvalue weighted by Gasteiger charge is 2.25. The number of carbonyl (C=O) groups is 2. The van der Waals surface area contributed by atoms with Crippen molar-refractivity contribution in [3.63, 3.8) is 0 Å².